The summed E-state index contributed by atoms with van der Waals surface area (Å²) in [5.41, 5.74) is 0.571. The highest BCUT2D eigenvalue weighted by Crippen LogP contribution is 2.24. The molecule has 0 aliphatic carbocycles. The highest BCUT2D eigenvalue weighted by molar-refractivity contribution is 6.41. The number of carbonyl (C=O) groups is 2. The molecule has 0 saturated heterocycles. The van der Waals surface area contributed by atoms with Crippen LogP contribution in [0.25, 0.3) is 0 Å². The minimum Gasteiger partial charge on any atom is -0.383 e. The van der Waals surface area contributed by atoms with Crippen molar-refractivity contribution < 1.29 is 9.59 Å². The lowest BCUT2D eigenvalue weighted by Gasteiger charge is -2.12. The molecule has 0 amide bonds. The first-order chi connectivity index (χ1) is 10.9. The largest absolute Gasteiger partial charge is 0.383 e. The maximum atomic E-state index is 12.8. The highest BCUT2D eigenvalue weighted by atomic mass is 35.5. The number of hydrogen-bond donors (Lipinski definition) is 0. The second kappa shape index (κ2) is 7.44. The van der Waals surface area contributed by atoms with Gasteiger partial charge in [0, 0.05) is 31.4 Å². The molecule has 23 heavy (non-hydrogen) atoms. The zero-order chi connectivity index (χ0) is 17.0. The summed E-state index contributed by atoms with van der Waals surface area (Å²) in [5.74, 6) is -0.872. The molecule has 0 fully saturated rings. The maximum Gasteiger partial charge on any atom is 0.199 e. The van der Waals surface area contributed by atoms with Crippen LogP contribution >= 0.6 is 23.2 Å². The number of benzene rings is 2. The Balaban J connectivity index is 2.51. The van der Waals surface area contributed by atoms with Gasteiger partial charge in [-0.25, -0.2) is 0 Å². The molecule has 0 saturated carbocycles. The Kier molecular flexibility index (Phi) is 5.59. The van der Waals surface area contributed by atoms with Gasteiger partial charge >= 0.3 is 0 Å². The lowest BCUT2D eigenvalue weighted by molar-refractivity contribution is 0.0960. The topological polar surface area (TPSA) is 37.4 Å². The highest BCUT2D eigenvalue weighted by Gasteiger charge is 2.24. The number of Topliss-reactive ketones (excluding diaryl/α,β-unsaturated/α-hetero) is 2. The van der Waals surface area contributed by atoms with Crippen molar-refractivity contribution in [3.05, 3.63) is 81.5 Å². The molecule has 2 aromatic carbocycles. The fourth-order valence-corrected chi connectivity index (χ4v) is 2.50. The summed E-state index contributed by atoms with van der Waals surface area (Å²) in [6.45, 7) is 0. The first kappa shape index (κ1) is 17.3. The van der Waals surface area contributed by atoms with Crippen LogP contribution in [0.5, 0.6) is 0 Å². The van der Waals surface area contributed by atoms with Crippen molar-refractivity contribution in [2.24, 2.45) is 0 Å². The van der Waals surface area contributed by atoms with Gasteiger partial charge in [-0.3, -0.25) is 9.59 Å². The number of nitrogens with zero attached hydrogens (tertiary/aromatic N) is 1. The third-order valence-corrected chi connectivity index (χ3v) is 3.77. The summed E-state index contributed by atoms with van der Waals surface area (Å²) in [4.78, 5) is 27.2. The van der Waals surface area contributed by atoms with Gasteiger partial charge < -0.3 is 4.90 Å². The van der Waals surface area contributed by atoms with Crippen LogP contribution in [0.2, 0.25) is 10.0 Å². The average Bonchev–Trinajstić information content (AvgIpc) is 2.52. The molecule has 0 bridgehead atoms. The van der Waals surface area contributed by atoms with E-state index in [9.17, 15) is 9.59 Å². The first-order valence-corrected chi connectivity index (χ1v) is 7.64. The van der Waals surface area contributed by atoms with Crippen LogP contribution in [0, 0.1) is 0 Å². The van der Waals surface area contributed by atoms with Crippen LogP contribution in [-0.4, -0.2) is 30.6 Å². The smallest absolute Gasteiger partial charge is 0.199 e. The van der Waals surface area contributed by atoms with E-state index in [1.54, 1.807) is 67.5 Å². The second-order valence-electron chi connectivity index (χ2n) is 5.12. The summed E-state index contributed by atoms with van der Waals surface area (Å²) in [6, 6.07) is 13.3. The molecule has 0 aromatic heterocycles. The second-order valence-corrected chi connectivity index (χ2v) is 5.94. The van der Waals surface area contributed by atoms with Gasteiger partial charge in [0.05, 0.1) is 15.6 Å². The number of hydrogen-bond acceptors (Lipinski definition) is 3. The van der Waals surface area contributed by atoms with Crippen molar-refractivity contribution in [3.63, 3.8) is 0 Å². The van der Waals surface area contributed by atoms with Crippen LogP contribution in [0.3, 0.4) is 0 Å². The molecule has 0 radical (unpaired) electrons. The van der Waals surface area contributed by atoms with Crippen molar-refractivity contribution >= 4 is 34.8 Å². The van der Waals surface area contributed by atoms with Gasteiger partial charge in [0.1, 0.15) is 0 Å². The van der Waals surface area contributed by atoms with E-state index >= 15 is 0 Å². The quantitative estimate of drug-likeness (QED) is 0.345. The molecule has 118 valence electrons. The van der Waals surface area contributed by atoms with Crippen LogP contribution in [0.15, 0.2) is 60.3 Å². The van der Waals surface area contributed by atoms with Gasteiger partial charge in [-0.1, -0.05) is 47.5 Å². The van der Waals surface area contributed by atoms with Crippen molar-refractivity contribution in [1.29, 1.82) is 0 Å². The predicted molar refractivity (Wildman–Crippen MR) is 93.3 cm³/mol. The third-order valence-electron chi connectivity index (χ3n) is 3.11. The van der Waals surface area contributed by atoms with Gasteiger partial charge in [0.2, 0.25) is 0 Å². The van der Waals surface area contributed by atoms with Gasteiger partial charge in [-0.05, 0) is 24.3 Å². The minimum absolute atomic E-state index is 0.0104. The van der Waals surface area contributed by atoms with E-state index in [0.29, 0.717) is 10.0 Å². The van der Waals surface area contributed by atoms with Gasteiger partial charge in [0.15, 0.2) is 11.6 Å². The predicted octanol–water partition coefficient (Wildman–Crippen LogP) is 4.50. The van der Waals surface area contributed by atoms with Crippen LogP contribution in [-0.2, 0) is 0 Å². The summed E-state index contributed by atoms with van der Waals surface area (Å²) in [5, 5.41) is 0.600. The van der Waals surface area contributed by atoms with Gasteiger partial charge in [-0.15, -0.1) is 0 Å². The number of allylic oxidation sites excluding steroid dienone is 1. The lowest BCUT2D eigenvalue weighted by Crippen LogP contribution is -2.18. The van der Waals surface area contributed by atoms with E-state index in [-0.39, 0.29) is 16.7 Å². The monoisotopic (exact) mass is 347 g/mol. The fourth-order valence-electron chi connectivity index (χ4n) is 2.06. The maximum absolute atomic E-state index is 12.8. The molecule has 0 N–H and O–H groups in total. The summed E-state index contributed by atoms with van der Waals surface area (Å²) in [7, 11) is 3.47. The van der Waals surface area contributed by atoms with Crippen molar-refractivity contribution in [3.8, 4) is 0 Å². The number of rotatable bonds is 5. The molecule has 3 nitrogen and oxygen atoms in total. The zero-order valence-corrected chi connectivity index (χ0v) is 14.2. The van der Waals surface area contributed by atoms with Crippen molar-refractivity contribution in [2.45, 2.75) is 0 Å². The van der Waals surface area contributed by atoms with Crippen LogP contribution < -0.4 is 0 Å². The molecule has 0 atom stereocenters. The SMILES string of the molecule is CN(C)C=C(C(=O)c1ccccc1Cl)C(=O)c1ccccc1Cl. The molecular weight excluding hydrogens is 333 g/mol. The number of ketones is 2. The Morgan fingerprint density at radius 3 is 1.57 bits per heavy atom. The molecule has 2 aromatic rings. The molecule has 2 rings (SSSR count). The Hall–Kier alpha value is -2.10. The number of carbonyl (C=O) groups excluding carboxylic acids is 2. The average molecular weight is 348 g/mol. The lowest BCUT2D eigenvalue weighted by atomic mass is 9.96. The Morgan fingerprint density at radius 1 is 0.826 bits per heavy atom. The summed E-state index contributed by atoms with van der Waals surface area (Å²) < 4.78 is 0. The van der Waals surface area contributed by atoms with Gasteiger partial charge in [0.25, 0.3) is 0 Å². The Bertz CT molecular complexity index is 723. The van der Waals surface area contributed by atoms with Crippen molar-refractivity contribution in [1.82, 2.24) is 4.90 Å². The van der Waals surface area contributed by atoms with Crippen LogP contribution in [0.1, 0.15) is 20.7 Å². The standard InChI is InChI=1S/C18H15Cl2NO2/c1-21(2)11-14(17(22)12-7-3-5-9-15(12)19)18(23)13-8-4-6-10-16(13)20/h3-11H,1-2H3. The number of halogens is 2. The molecule has 0 heterocycles. The molecular formula is C18H15Cl2NO2. The minimum atomic E-state index is -0.436. The molecule has 0 spiro atoms. The normalized spacial score (nSPS) is 10.1. The molecule has 5 heteroatoms. The van der Waals surface area contributed by atoms with E-state index in [1.807, 2.05) is 0 Å². The fraction of sp³-hybridized carbons (Fsp3) is 0.111. The van der Waals surface area contributed by atoms with E-state index in [0.717, 1.165) is 0 Å². The first-order valence-electron chi connectivity index (χ1n) is 6.88. The van der Waals surface area contributed by atoms with E-state index in [4.69, 9.17) is 23.2 Å². The Labute approximate surface area is 145 Å². The third kappa shape index (κ3) is 4.01. The zero-order valence-electron chi connectivity index (χ0n) is 12.7. The molecule has 0 aliphatic heterocycles. The van der Waals surface area contributed by atoms with Gasteiger partial charge in [-0.2, -0.15) is 0 Å². The van der Waals surface area contributed by atoms with E-state index in [2.05, 4.69) is 0 Å². The van der Waals surface area contributed by atoms with E-state index in [1.165, 1.54) is 6.20 Å². The molecule has 0 aliphatic rings. The van der Waals surface area contributed by atoms with Crippen LogP contribution in [0.4, 0.5) is 0 Å². The van der Waals surface area contributed by atoms with Crippen molar-refractivity contribution in [2.75, 3.05) is 14.1 Å². The summed E-state index contributed by atoms with van der Waals surface area (Å²) in [6.07, 6.45) is 1.48. The molecule has 0 unspecified atom stereocenters. The Morgan fingerprint density at radius 2 is 1.22 bits per heavy atom. The van der Waals surface area contributed by atoms with E-state index < -0.39 is 11.6 Å². The summed E-state index contributed by atoms with van der Waals surface area (Å²) >= 11 is 12.2.